The Labute approximate surface area is 80.6 Å². The molecule has 5 nitrogen and oxygen atoms in total. The van der Waals surface area contributed by atoms with E-state index in [1.54, 1.807) is 0 Å². The molecule has 72 valence electrons. The third kappa shape index (κ3) is 5.30. The first-order chi connectivity index (χ1) is 5.57. The van der Waals surface area contributed by atoms with Gasteiger partial charge < -0.3 is 0 Å². The number of carboxylic acid groups (broad SMARTS) is 2. The van der Waals surface area contributed by atoms with Gasteiger partial charge in [0.05, 0.1) is 0 Å². The SMILES string of the molecule is N[I-]C[C@@H](CCC(=O)O)C(=O)O. The van der Waals surface area contributed by atoms with E-state index in [-0.39, 0.29) is 12.8 Å². The molecule has 12 heavy (non-hydrogen) atoms. The van der Waals surface area contributed by atoms with Crippen LogP contribution in [0.4, 0.5) is 0 Å². The normalized spacial score (nSPS) is 12.8. The number of hydrogen-bond acceptors (Lipinski definition) is 3. The molecule has 0 amide bonds. The molecule has 1 atom stereocenters. The van der Waals surface area contributed by atoms with Crippen molar-refractivity contribution in [1.29, 1.82) is 0 Å². The molecule has 0 saturated carbocycles. The summed E-state index contributed by atoms with van der Waals surface area (Å²) in [6.07, 6.45) is 0.0856. The van der Waals surface area contributed by atoms with Gasteiger partial charge in [-0.15, -0.1) is 0 Å². The summed E-state index contributed by atoms with van der Waals surface area (Å²) in [5.74, 6) is -2.48. The van der Waals surface area contributed by atoms with Gasteiger partial charge in [0.25, 0.3) is 0 Å². The number of halogens is 1. The Hall–Kier alpha value is -0.370. The van der Waals surface area contributed by atoms with E-state index in [1.165, 1.54) is 0 Å². The van der Waals surface area contributed by atoms with Gasteiger partial charge in [-0.3, -0.25) is 0 Å². The van der Waals surface area contributed by atoms with Crippen molar-refractivity contribution < 1.29 is 41.3 Å². The van der Waals surface area contributed by atoms with Crippen LogP contribution >= 0.6 is 0 Å². The van der Waals surface area contributed by atoms with Crippen LogP contribution in [0.25, 0.3) is 0 Å². The molecule has 0 heterocycles. The van der Waals surface area contributed by atoms with Crippen LogP contribution in [0.3, 0.4) is 0 Å². The van der Waals surface area contributed by atoms with Gasteiger partial charge in [-0.1, -0.05) is 0 Å². The van der Waals surface area contributed by atoms with E-state index in [9.17, 15) is 9.59 Å². The van der Waals surface area contributed by atoms with Crippen LogP contribution in [-0.4, -0.2) is 26.6 Å². The Morgan fingerprint density at radius 2 is 2.00 bits per heavy atom. The molecule has 0 spiro atoms. The zero-order chi connectivity index (χ0) is 9.56. The second-order valence-corrected chi connectivity index (χ2v) is 4.04. The first-order valence-electron chi connectivity index (χ1n) is 3.30. The van der Waals surface area contributed by atoms with Crippen LogP contribution in [0.1, 0.15) is 12.8 Å². The van der Waals surface area contributed by atoms with Crippen molar-refractivity contribution in [2.45, 2.75) is 12.8 Å². The molecule has 0 rings (SSSR count). The van der Waals surface area contributed by atoms with Crippen LogP contribution in [0.15, 0.2) is 0 Å². The molecule has 0 aliphatic rings. The fraction of sp³-hybridized carbons (Fsp3) is 0.667. The Morgan fingerprint density at radius 1 is 1.42 bits per heavy atom. The molecule has 4 N–H and O–H groups in total. The van der Waals surface area contributed by atoms with E-state index in [0.29, 0.717) is 4.43 Å². The summed E-state index contributed by atoms with van der Waals surface area (Å²) in [4.78, 5) is 20.6. The molecule has 0 saturated heterocycles. The molecular formula is C6H11INO4-. The predicted molar refractivity (Wildman–Crippen MR) is 37.0 cm³/mol. The van der Waals surface area contributed by atoms with Crippen LogP contribution in [0, 0.1) is 5.92 Å². The van der Waals surface area contributed by atoms with Crippen LogP contribution in [0.2, 0.25) is 0 Å². The number of alkyl halides is 1. The standard InChI is InChI=1S/C6H11INO4/c8-7-3-4(6(11)12)1-2-5(9)10/h4H,1-3,8H2,(H,9,10)(H,11,12)/q-1/t4-/m1/s1. The fourth-order valence-electron chi connectivity index (χ4n) is 0.672. The minimum atomic E-state index is -0.962. The van der Waals surface area contributed by atoms with Crippen molar-refractivity contribution in [2.24, 2.45) is 9.86 Å². The van der Waals surface area contributed by atoms with Gasteiger partial charge in [0.15, 0.2) is 0 Å². The third-order valence-electron chi connectivity index (χ3n) is 1.33. The van der Waals surface area contributed by atoms with Crippen molar-refractivity contribution >= 4 is 11.9 Å². The van der Waals surface area contributed by atoms with Crippen molar-refractivity contribution in [1.82, 2.24) is 0 Å². The Balaban J connectivity index is 3.79. The van der Waals surface area contributed by atoms with Crippen molar-refractivity contribution in [3.8, 4) is 0 Å². The van der Waals surface area contributed by atoms with Gasteiger partial charge in [0, 0.05) is 0 Å². The number of rotatable bonds is 6. The number of hydrogen-bond donors (Lipinski definition) is 3. The summed E-state index contributed by atoms with van der Waals surface area (Å²) < 4.78 is 5.72. The molecule has 6 heteroatoms. The van der Waals surface area contributed by atoms with E-state index in [0.717, 1.165) is 0 Å². The van der Waals surface area contributed by atoms with Crippen LogP contribution < -0.4 is 25.4 Å². The van der Waals surface area contributed by atoms with Gasteiger partial charge in [-0.2, -0.15) is 0 Å². The van der Waals surface area contributed by atoms with Crippen LogP contribution in [-0.2, 0) is 9.59 Å². The molecule has 0 fully saturated rings. The zero-order valence-electron chi connectivity index (χ0n) is 6.36. The second-order valence-electron chi connectivity index (χ2n) is 2.28. The zero-order valence-corrected chi connectivity index (χ0v) is 8.52. The summed E-state index contributed by atoms with van der Waals surface area (Å²) in [6, 6.07) is 0. The number of carboxylic acids is 2. The number of aliphatic carboxylic acids is 2. The van der Waals surface area contributed by atoms with E-state index in [2.05, 4.69) is 0 Å². The predicted octanol–water partition coefficient (Wildman–Crippen LogP) is -3.49. The molecular weight excluding hydrogens is 277 g/mol. The van der Waals surface area contributed by atoms with E-state index < -0.39 is 39.3 Å². The summed E-state index contributed by atoms with van der Waals surface area (Å²) in [5.41, 5.74) is 0. The average Bonchev–Trinajstić information content (AvgIpc) is 1.96. The van der Waals surface area contributed by atoms with E-state index >= 15 is 0 Å². The van der Waals surface area contributed by atoms with E-state index in [4.69, 9.17) is 14.2 Å². The van der Waals surface area contributed by atoms with Crippen LogP contribution in [0.5, 0.6) is 0 Å². The van der Waals surface area contributed by atoms with Gasteiger partial charge in [0.2, 0.25) is 0 Å². The first kappa shape index (κ1) is 11.6. The number of nitrogens with two attached hydrogens (primary N) is 1. The van der Waals surface area contributed by atoms with Gasteiger partial charge in [0.1, 0.15) is 0 Å². The minimum absolute atomic E-state index is 0.0965. The average molecular weight is 288 g/mol. The Kier molecular flexibility index (Phi) is 5.99. The summed E-state index contributed by atoms with van der Waals surface area (Å²) in [6.45, 7) is 0. The summed E-state index contributed by atoms with van der Waals surface area (Å²) >= 11 is -0.572. The van der Waals surface area contributed by atoms with Crippen molar-refractivity contribution in [3.05, 3.63) is 0 Å². The monoisotopic (exact) mass is 288 g/mol. The second kappa shape index (κ2) is 6.18. The molecule has 0 aromatic rings. The summed E-state index contributed by atoms with van der Waals surface area (Å²) in [7, 11) is 0. The van der Waals surface area contributed by atoms with Gasteiger partial charge in [-0.05, 0) is 0 Å². The molecule has 0 aliphatic heterocycles. The summed E-state index contributed by atoms with van der Waals surface area (Å²) in [5, 5.41) is 16.9. The number of carbonyl (C=O) groups is 2. The molecule has 0 aromatic carbocycles. The molecule has 0 unspecified atom stereocenters. The molecule has 0 aliphatic carbocycles. The topological polar surface area (TPSA) is 101 Å². The Bertz CT molecular complexity index is 173. The maximum absolute atomic E-state index is 10.5. The Morgan fingerprint density at radius 3 is 2.33 bits per heavy atom. The van der Waals surface area contributed by atoms with Gasteiger partial charge in [-0.25, -0.2) is 0 Å². The van der Waals surface area contributed by atoms with Gasteiger partial charge >= 0.3 is 80.4 Å². The quantitative estimate of drug-likeness (QED) is 0.268. The first-order valence-corrected chi connectivity index (χ1v) is 6.07. The molecule has 0 radical (unpaired) electrons. The molecule has 0 bridgehead atoms. The van der Waals surface area contributed by atoms with E-state index in [1.807, 2.05) is 0 Å². The maximum atomic E-state index is 10.5. The fourth-order valence-corrected chi connectivity index (χ4v) is 2.10. The third-order valence-corrected chi connectivity index (χ3v) is 2.90. The van der Waals surface area contributed by atoms with Crippen molar-refractivity contribution in [3.63, 3.8) is 0 Å². The van der Waals surface area contributed by atoms with Crippen molar-refractivity contribution in [2.75, 3.05) is 4.43 Å². The molecule has 0 aromatic heterocycles.